The molecule has 0 radical (unpaired) electrons. The molecule has 0 aliphatic heterocycles. The fourth-order valence-electron chi connectivity index (χ4n) is 2.75. The van der Waals surface area contributed by atoms with Gasteiger partial charge in [0.25, 0.3) is 0 Å². The molecule has 12 heavy (non-hydrogen) atoms. The van der Waals surface area contributed by atoms with E-state index in [9.17, 15) is 0 Å². The molecular formula is C10H20N2. The van der Waals surface area contributed by atoms with Crippen molar-refractivity contribution in [2.75, 3.05) is 20.6 Å². The molecule has 2 nitrogen and oxygen atoms in total. The molecule has 70 valence electrons. The first-order valence-corrected chi connectivity index (χ1v) is 5.09. The highest BCUT2D eigenvalue weighted by Gasteiger charge is 2.54. The Hall–Kier alpha value is -0.0800. The number of nitrogens with zero attached hydrogens (tertiary/aromatic N) is 1. The molecule has 0 atom stereocenters. The summed E-state index contributed by atoms with van der Waals surface area (Å²) in [6.45, 7) is 0.856. The molecule has 0 saturated heterocycles. The zero-order valence-corrected chi connectivity index (χ0v) is 8.21. The van der Waals surface area contributed by atoms with E-state index in [1.807, 2.05) is 0 Å². The average molecular weight is 168 g/mol. The first kappa shape index (κ1) is 8.52. The molecule has 2 fully saturated rings. The molecule has 0 aromatic rings. The van der Waals surface area contributed by atoms with Gasteiger partial charge < -0.3 is 10.6 Å². The lowest BCUT2D eigenvalue weighted by molar-refractivity contribution is 0.105. The molecule has 0 heterocycles. The minimum absolute atomic E-state index is 0.375. The van der Waals surface area contributed by atoms with E-state index in [1.54, 1.807) is 0 Å². The van der Waals surface area contributed by atoms with E-state index in [-0.39, 0.29) is 0 Å². The van der Waals surface area contributed by atoms with E-state index >= 15 is 0 Å². The maximum Gasteiger partial charge on any atom is 0.0381 e. The molecule has 0 aromatic carbocycles. The molecule has 2 N–H and O–H groups in total. The molecule has 0 unspecified atom stereocenters. The van der Waals surface area contributed by atoms with Crippen LogP contribution < -0.4 is 5.73 Å². The van der Waals surface area contributed by atoms with Gasteiger partial charge in [0.2, 0.25) is 0 Å². The van der Waals surface area contributed by atoms with Crippen molar-refractivity contribution in [1.29, 1.82) is 0 Å². The van der Waals surface area contributed by atoms with Gasteiger partial charge in [0.05, 0.1) is 0 Å². The van der Waals surface area contributed by atoms with Crippen LogP contribution in [0.2, 0.25) is 0 Å². The van der Waals surface area contributed by atoms with E-state index in [4.69, 9.17) is 5.73 Å². The van der Waals surface area contributed by atoms with Crippen LogP contribution in [0.25, 0.3) is 0 Å². The van der Waals surface area contributed by atoms with Crippen LogP contribution in [0.5, 0.6) is 0 Å². The van der Waals surface area contributed by atoms with Crippen molar-refractivity contribution in [2.45, 2.75) is 31.2 Å². The minimum Gasteiger partial charge on any atom is -0.329 e. The number of hydrogen-bond acceptors (Lipinski definition) is 2. The Morgan fingerprint density at radius 3 is 1.75 bits per heavy atom. The van der Waals surface area contributed by atoms with Crippen molar-refractivity contribution in [3.05, 3.63) is 0 Å². The summed E-state index contributed by atoms with van der Waals surface area (Å²) in [5.41, 5.74) is 6.32. The number of hydrogen-bond donors (Lipinski definition) is 1. The van der Waals surface area contributed by atoms with Gasteiger partial charge in [0.15, 0.2) is 0 Å². The van der Waals surface area contributed by atoms with Crippen molar-refractivity contribution >= 4 is 0 Å². The quantitative estimate of drug-likeness (QED) is 0.680. The zero-order chi connectivity index (χ0) is 8.77. The van der Waals surface area contributed by atoms with Gasteiger partial charge in [-0.3, -0.25) is 0 Å². The summed E-state index contributed by atoms with van der Waals surface area (Å²) in [6.07, 6.45) is 5.63. The van der Waals surface area contributed by atoms with Crippen LogP contribution in [-0.2, 0) is 0 Å². The lowest BCUT2D eigenvalue weighted by Crippen LogP contribution is -2.54. The summed E-state index contributed by atoms with van der Waals surface area (Å²) in [5.74, 6) is 1.81. The van der Waals surface area contributed by atoms with Gasteiger partial charge in [-0.25, -0.2) is 0 Å². The third-order valence-electron chi connectivity index (χ3n) is 3.73. The highest BCUT2D eigenvalue weighted by atomic mass is 15.2. The maximum atomic E-state index is 5.95. The molecule has 0 aromatic heterocycles. The molecular weight excluding hydrogens is 148 g/mol. The van der Waals surface area contributed by atoms with Crippen molar-refractivity contribution in [2.24, 2.45) is 17.6 Å². The largest absolute Gasteiger partial charge is 0.329 e. The van der Waals surface area contributed by atoms with Crippen LogP contribution in [0.4, 0.5) is 0 Å². The topological polar surface area (TPSA) is 29.3 Å². The Morgan fingerprint density at radius 1 is 1.17 bits per heavy atom. The molecule has 2 heteroatoms. The van der Waals surface area contributed by atoms with Gasteiger partial charge in [0, 0.05) is 12.1 Å². The van der Waals surface area contributed by atoms with E-state index in [2.05, 4.69) is 19.0 Å². The van der Waals surface area contributed by atoms with Crippen molar-refractivity contribution < 1.29 is 0 Å². The first-order chi connectivity index (χ1) is 5.71. The fraction of sp³-hybridized carbons (Fsp3) is 1.00. The third-order valence-corrected chi connectivity index (χ3v) is 3.73. The first-order valence-electron chi connectivity index (χ1n) is 5.09. The summed E-state index contributed by atoms with van der Waals surface area (Å²) in [5, 5.41) is 0. The van der Waals surface area contributed by atoms with Crippen molar-refractivity contribution in [1.82, 2.24) is 4.90 Å². The number of nitrogens with two attached hydrogens (primary N) is 1. The van der Waals surface area contributed by atoms with E-state index in [0.717, 1.165) is 18.4 Å². The SMILES string of the molecule is CN(C)C(CN)(C1CC1)C1CC1. The number of rotatable bonds is 4. The third kappa shape index (κ3) is 1.09. The molecule has 0 bridgehead atoms. The van der Waals surface area contributed by atoms with Gasteiger partial charge in [-0.1, -0.05) is 0 Å². The molecule has 0 amide bonds. The summed E-state index contributed by atoms with van der Waals surface area (Å²) in [4.78, 5) is 2.39. The van der Waals surface area contributed by atoms with Gasteiger partial charge in [0.1, 0.15) is 0 Å². The van der Waals surface area contributed by atoms with Gasteiger partial charge in [-0.2, -0.15) is 0 Å². The van der Waals surface area contributed by atoms with Crippen LogP contribution in [0.1, 0.15) is 25.7 Å². The second-order valence-electron chi connectivity index (χ2n) is 4.64. The number of likely N-dealkylation sites (N-methyl/N-ethyl adjacent to an activating group) is 1. The Balaban J connectivity index is 2.15. The minimum atomic E-state index is 0.375. The summed E-state index contributed by atoms with van der Waals surface area (Å²) in [7, 11) is 4.40. The fourth-order valence-corrected chi connectivity index (χ4v) is 2.75. The Kier molecular flexibility index (Phi) is 1.92. The van der Waals surface area contributed by atoms with Crippen LogP contribution >= 0.6 is 0 Å². The highest BCUT2D eigenvalue weighted by Crippen LogP contribution is 2.53. The Labute approximate surface area is 75.1 Å². The standard InChI is InChI=1S/C10H20N2/c1-12(2)10(7-11,8-3-4-8)9-5-6-9/h8-9H,3-7,11H2,1-2H3. The molecule has 0 spiro atoms. The average Bonchev–Trinajstić information content (AvgIpc) is 2.84. The van der Waals surface area contributed by atoms with E-state index < -0.39 is 0 Å². The summed E-state index contributed by atoms with van der Waals surface area (Å²) in [6, 6.07) is 0. The molecule has 2 saturated carbocycles. The van der Waals surface area contributed by atoms with E-state index in [0.29, 0.717) is 5.54 Å². The van der Waals surface area contributed by atoms with Gasteiger partial charge >= 0.3 is 0 Å². The highest BCUT2D eigenvalue weighted by molar-refractivity contribution is 5.09. The van der Waals surface area contributed by atoms with Crippen LogP contribution in [0, 0.1) is 11.8 Å². The van der Waals surface area contributed by atoms with Crippen molar-refractivity contribution in [3.63, 3.8) is 0 Å². The Bertz CT molecular complexity index is 151. The van der Waals surface area contributed by atoms with Gasteiger partial charge in [-0.05, 0) is 51.6 Å². The van der Waals surface area contributed by atoms with Crippen LogP contribution in [-0.4, -0.2) is 31.1 Å². The monoisotopic (exact) mass is 168 g/mol. The molecule has 2 aliphatic rings. The van der Waals surface area contributed by atoms with Gasteiger partial charge in [-0.15, -0.1) is 0 Å². The zero-order valence-electron chi connectivity index (χ0n) is 8.21. The van der Waals surface area contributed by atoms with E-state index in [1.165, 1.54) is 25.7 Å². The second kappa shape index (κ2) is 2.71. The second-order valence-corrected chi connectivity index (χ2v) is 4.64. The summed E-state index contributed by atoms with van der Waals surface area (Å²) >= 11 is 0. The molecule has 2 aliphatic carbocycles. The van der Waals surface area contributed by atoms with Crippen LogP contribution in [0.3, 0.4) is 0 Å². The predicted octanol–water partition coefficient (Wildman–Crippen LogP) is 1.07. The maximum absolute atomic E-state index is 5.95. The normalized spacial score (nSPS) is 25.0. The smallest absolute Gasteiger partial charge is 0.0381 e. The van der Waals surface area contributed by atoms with Crippen LogP contribution in [0.15, 0.2) is 0 Å². The predicted molar refractivity (Wildman–Crippen MR) is 50.9 cm³/mol. The van der Waals surface area contributed by atoms with Crippen molar-refractivity contribution in [3.8, 4) is 0 Å². The molecule has 2 rings (SSSR count). The lowest BCUT2D eigenvalue weighted by Gasteiger charge is -2.40. The Morgan fingerprint density at radius 2 is 1.58 bits per heavy atom. The summed E-state index contributed by atoms with van der Waals surface area (Å²) < 4.78 is 0. The lowest BCUT2D eigenvalue weighted by atomic mass is 9.86.